The molecule has 9 heteroatoms. The average molecular weight is 387 g/mol. The Hall–Kier alpha value is -2.71. The second kappa shape index (κ2) is 6.72. The van der Waals surface area contributed by atoms with Crippen molar-refractivity contribution >= 4 is 17.0 Å². The molecular weight excluding hydrogens is 364 g/mol. The van der Waals surface area contributed by atoms with Crippen molar-refractivity contribution in [2.24, 2.45) is 0 Å². The predicted molar refractivity (Wildman–Crippen MR) is 102 cm³/mol. The highest BCUT2D eigenvalue weighted by Crippen LogP contribution is 2.34. The number of pyridine rings is 1. The summed E-state index contributed by atoms with van der Waals surface area (Å²) in [6, 6.07) is 3.89. The molecule has 148 valence electrons. The molecule has 1 saturated heterocycles. The largest absolute Gasteiger partial charge is 0.348 e. The van der Waals surface area contributed by atoms with Crippen LogP contribution in [0, 0.1) is 0 Å². The third-order valence-corrected chi connectivity index (χ3v) is 4.82. The zero-order chi connectivity index (χ0) is 19.9. The third kappa shape index (κ3) is 3.65. The van der Waals surface area contributed by atoms with Gasteiger partial charge >= 0.3 is 0 Å². The second-order valence-electron chi connectivity index (χ2n) is 8.24. The lowest BCUT2D eigenvalue weighted by Gasteiger charge is -2.22. The summed E-state index contributed by atoms with van der Waals surface area (Å²) in [5.41, 5.74) is 1.80. The average Bonchev–Trinajstić information content (AvgIpc) is 3.22. The van der Waals surface area contributed by atoms with Gasteiger partial charge in [-0.3, -0.25) is 4.98 Å². The number of aryl methyl sites for hydroxylation is 2. The molecule has 0 bridgehead atoms. The summed E-state index contributed by atoms with van der Waals surface area (Å²) in [6.45, 7) is 6.45. The molecule has 3 aromatic heterocycles. The topological polar surface area (TPSA) is 72.6 Å². The standard InChI is InChI=1S/C19H23F2N7/c1-18(2,3)17-23-15(27-10-7-19(20,21)12-27)14-16(24-17)28(26-25-14)9-6-13-5-4-8-22-11-13/h4-5,8,11H,6-7,9-10,12H2,1-3H3. The number of anilines is 1. The van der Waals surface area contributed by atoms with Gasteiger partial charge < -0.3 is 4.90 Å². The molecule has 4 heterocycles. The highest BCUT2D eigenvalue weighted by molar-refractivity contribution is 5.83. The molecule has 4 rings (SSSR count). The van der Waals surface area contributed by atoms with Crippen LogP contribution in [0.2, 0.25) is 0 Å². The Labute approximate surface area is 161 Å². The lowest BCUT2D eigenvalue weighted by atomic mass is 9.96. The van der Waals surface area contributed by atoms with Crippen molar-refractivity contribution in [3.63, 3.8) is 0 Å². The van der Waals surface area contributed by atoms with Gasteiger partial charge in [-0.1, -0.05) is 32.1 Å². The van der Waals surface area contributed by atoms with Crippen LogP contribution in [0.4, 0.5) is 14.6 Å². The van der Waals surface area contributed by atoms with E-state index in [2.05, 4.69) is 25.3 Å². The van der Waals surface area contributed by atoms with E-state index in [1.165, 1.54) is 0 Å². The van der Waals surface area contributed by atoms with Gasteiger partial charge in [0.2, 0.25) is 0 Å². The first-order valence-electron chi connectivity index (χ1n) is 9.36. The molecule has 0 spiro atoms. The molecule has 1 fully saturated rings. The van der Waals surface area contributed by atoms with Crippen molar-refractivity contribution in [1.82, 2.24) is 29.9 Å². The SMILES string of the molecule is CC(C)(C)c1nc(N2CCC(F)(F)C2)c2nnn(CCc3cccnc3)c2n1. The first-order chi connectivity index (χ1) is 13.2. The summed E-state index contributed by atoms with van der Waals surface area (Å²) in [5, 5.41) is 8.46. The highest BCUT2D eigenvalue weighted by Gasteiger charge is 2.40. The monoisotopic (exact) mass is 387 g/mol. The van der Waals surface area contributed by atoms with E-state index in [0.29, 0.717) is 29.4 Å². The molecule has 0 saturated carbocycles. The molecule has 1 aliphatic heterocycles. The summed E-state index contributed by atoms with van der Waals surface area (Å²) in [6.07, 6.45) is 4.08. The Morgan fingerprint density at radius 3 is 2.68 bits per heavy atom. The number of nitrogens with zero attached hydrogens (tertiary/aromatic N) is 7. The molecule has 0 aliphatic carbocycles. The molecule has 0 unspecified atom stereocenters. The van der Waals surface area contributed by atoms with Crippen LogP contribution in [0.1, 0.15) is 38.6 Å². The van der Waals surface area contributed by atoms with Crippen LogP contribution in [0.15, 0.2) is 24.5 Å². The first kappa shape index (κ1) is 18.6. The molecule has 1 aliphatic rings. The molecule has 0 radical (unpaired) electrons. The fraction of sp³-hybridized carbons (Fsp3) is 0.526. The van der Waals surface area contributed by atoms with Crippen LogP contribution in [0.25, 0.3) is 11.2 Å². The van der Waals surface area contributed by atoms with E-state index >= 15 is 0 Å². The Morgan fingerprint density at radius 1 is 1.21 bits per heavy atom. The van der Waals surface area contributed by atoms with Crippen molar-refractivity contribution in [3.05, 3.63) is 35.9 Å². The van der Waals surface area contributed by atoms with E-state index in [-0.39, 0.29) is 24.9 Å². The Kier molecular flexibility index (Phi) is 4.47. The van der Waals surface area contributed by atoms with Crippen molar-refractivity contribution in [1.29, 1.82) is 0 Å². The van der Waals surface area contributed by atoms with Gasteiger partial charge in [-0.2, -0.15) is 0 Å². The Balaban J connectivity index is 1.73. The summed E-state index contributed by atoms with van der Waals surface area (Å²) in [7, 11) is 0. The number of halogens is 2. The lowest BCUT2D eigenvalue weighted by molar-refractivity contribution is 0.0257. The summed E-state index contributed by atoms with van der Waals surface area (Å²) < 4.78 is 29.3. The number of hydrogen-bond donors (Lipinski definition) is 0. The van der Waals surface area contributed by atoms with Crippen molar-refractivity contribution in [2.75, 3.05) is 18.0 Å². The van der Waals surface area contributed by atoms with E-state index in [4.69, 9.17) is 0 Å². The van der Waals surface area contributed by atoms with Crippen molar-refractivity contribution in [2.45, 2.75) is 51.5 Å². The molecular formula is C19H23F2N7. The summed E-state index contributed by atoms with van der Waals surface area (Å²) in [5.74, 6) is -1.68. The quantitative estimate of drug-likeness (QED) is 0.685. The van der Waals surface area contributed by atoms with Crippen LogP contribution in [-0.4, -0.2) is 49.0 Å². The molecule has 28 heavy (non-hydrogen) atoms. The van der Waals surface area contributed by atoms with E-state index in [1.54, 1.807) is 15.8 Å². The van der Waals surface area contributed by atoms with Gasteiger partial charge in [0.1, 0.15) is 5.82 Å². The van der Waals surface area contributed by atoms with Crippen LogP contribution in [0.3, 0.4) is 0 Å². The maximum absolute atomic E-state index is 13.8. The zero-order valence-electron chi connectivity index (χ0n) is 16.2. The first-order valence-corrected chi connectivity index (χ1v) is 9.36. The van der Waals surface area contributed by atoms with Gasteiger partial charge in [0.05, 0.1) is 6.54 Å². The molecule has 0 atom stereocenters. The minimum atomic E-state index is -2.71. The molecule has 7 nitrogen and oxygen atoms in total. The number of aromatic nitrogens is 6. The fourth-order valence-corrected chi connectivity index (χ4v) is 3.25. The van der Waals surface area contributed by atoms with E-state index in [9.17, 15) is 8.78 Å². The summed E-state index contributed by atoms with van der Waals surface area (Å²) >= 11 is 0. The highest BCUT2D eigenvalue weighted by atomic mass is 19.3. The van der Waals surface area contributed by atoms with Gasteiger partial charge in [0.25, 0.3) is 5.92 Å². The molecule has 0 amide bonds. The van der Waals surface area contributed by atoms with E-state index < -0.39 is 5.92 Å². The van der Waals surface area contributed by atoms with Crippen molar-refractivity contribution < 1.29 is 8.78 Å². The van der Waals surface area contributed by atoms with Gasteiger partial charge in [0.15, 0.2) is 17.0 Å². The Morgan fingerprint density at radius 2 is 2.04 bits per heavy atom. The van der Waals surface area contributed by atoms with E-state index in [0.717, 1.165) is 12.0 Å². The number of fused-ring (bicyclic) bond motifs is 1. The maximum Gasteiger partial charge on any atom is 0.266 e. The Bertz CT molecular complexity index is 979. The minimum Gasteiger partial charge on any atom is -0.348 e. The molecule has 3 aromatic rings. The maximum atomic E-state index is 13.8. The summed E-state index contributed by atoms with van der Waals surface area (Å²) in [4.78, 5) is 15.0. The minimum absolute atomic E-state index is 0.182. The predicted octanol–water partition coefficient (Wildman–Crippen LogP) is 3.00. The smallest absolute Gasteiger partial charge is 0.266 e. The fourth-order valence-electron chi connectivity index (χ4n) is 3.25. The number of rotatable bonds is 4. The van der Waals surface area contributed by atoms with Crippen LogP contribution < -0.4 is 4.90 Å². The molecule has 0 aromatic carbocycles. The third-order valence-electron chi connectivity index (χ3n) is 4.82. The lowest BCUT2D eigenvalue weighted by Crippen LogP contribution is -2.27. The van der Waals surface area contributed by atoms with Gasteiger partial charge in [0, 0.05) is 37.3 Å². The number of hydrogen-bond acceptors (Lipinski definition) is 6. The van der Waals surface area contributed by atoms with Crippen LogP contribution in [0.5, 0.6) is 0 Å². The zero-order valence-corrected chi connectivity index (χ0v) is 16.2. The van der Waals surface area contributed by atoms with Gasteiger partial charge in [-0.15, -0.1) is 5.10 Å². The van der Waals surface area contributed by atoms with Crippen LogP contribution in [-0.2, 0) is 18.4 Å². The normalized spacial score (nSPS) is 16.8. The van der Waals surface area contributed by atoms with Gasteiger partial charge in [-0.25, -0.2) is 23.4 Å². The van der Waals surface area contributed by atoms with E-state index in [1.807, 2.05) is 39.1 Å². The van der Waals surface area contributed by atoms with Gasteiger partial charge in [-0.05, 0) is 18.1 Å². The molecule has 0 N–H and O–H groups in total. The van der Waals surface area contributed by atoms with Crippen LogP contribution >= 0.6 is 0 Å². The van der Waals surface area contributed by atoms with Crippen molar-refractivity contribution in [3.8, 4) is 0 Å². The second-order valence-corrected chi connectivity index (χ2v) is 8.24. The number of alkyl halides is 2.